The summed E-state index contributed by atoms with van der Waals surface area (Å²) < 4.78 is 65.2. The number of rotatable bonds is 5. The maximum atomic E-state index is 13.0. The van der Waals surface area contributed by atoms with Gasteiger partial charge in [-0.2, -0.15) is 17.5 Å². The van der Waals surface area contributed by atoms with E-state index in [0.717, 1.165) is 10.4 Å². The van der Waals surface area contributed by atoms with Crippen LogP contribution in [0, 0.1) is 0 Å². The molecule has 2 aromatic carbocycles. The summed E-state index contributed by atoms with van der Waals surface area (Å²) >= 11 is 5.54. The maximum absolute atomic E-state index is 13.0. The van der Waals surface area contributed by atoms with Gasteiger partial charge in [0.15, 0.2) is 0 Å². The van der Waals surface area contributed by atoms with E-state index in [1.165, 1.54) is 31.3 Å². The molecule has 0 fully saturated rings. The number of hydrogen-bond acceptors (Lipinski definition) is 4. The lowest BCUT2D eigenvalue weighted by atomic mass is 10.0. The van der Waals surface area contributed by atoms with Gasteiger partial charge in [-0.25, -0.2) is 8.42 Å². The predicted molar refractivity (Wildman–Crippen MR) is 108 cm³/mol. The number of amides is 2. The Balaban J connectivity index is 1.73. The van der Waals surface area contributed by atoms with Crippen molar-refractivity contribution in [3.05, 3.63) is 52.5 Å². The van der Waals surface area contributed by atoms with Crippen LogP contribution >= 0.6 is 11.6 Å². The summed E-state index contributed by atoms with van der Waals surface area (Å²) in [6.45, 7) is -0.625. The van der Waals surface area contributed by atoms with Gasteiger partial charge < -0.3 is 10.6 Å². The van der Waals surface area contributed by atoms with Gasteiger partial charge in [0.25, 0.3) is 0 Å². The highest BCUT2D eigenvalue weighted by atomic mass is 35.5. The lowest BCUT2D eigenvalue weighted by Crippen LogP contribution is -2.35. The second-order valence-corrected chi connectivity index (χ2v) is 9.32. The van der Waals surface area contributed by atoms with Crippen LogP contribution in [0.15, 0.2) is 41.3 Å². The summed E-state index contributed by atoms with van der Waals surface area (Å²) in [4.78, 5) is 23.6. The van der Waals surface area contributed by atoms with Crippen molar-refractivity contribution in [3.63, 3.8) is 0 Å². The van der Waals surface area contributed by atoms with Crippen molar-refractivity contribution in [2.24, 2.45) is 0 Å². The van der Waals surface area contributed by atoms with Gasteiger partial charge in [-0.1, -0.05) is 11.6 Å². The van der Waals surface area contributed by atoms with E-state index < -0.39 is 39.2 Å². The highest BCUT2D eigenvalue weighted by Crippen LogP contribution is 2.36. The number of likely N-dealkylation sites (N-methyl/N-ethyl adjacent to an activating group) is 1. The summed E-state index contributed by atoms with van der Waals surface area (Å²) in [5.74, 6) is -0.987. The first kappa shape index (κ1) is 23.0. The van der Waals surface area contributed by atoms with Crippen molar-refractivity contribution < 1.29 is 31.2 Å². The molecule has 0 aliphatic carbocycles. The van der Waals surface area contributed by atoms with E-state index in [-0.39, 0.29) is 22.9 Å². The molecule has 0 spiro atoms. The lowest BCUT2D eigenvalue weighted by molar-refractivity contribution is -0.137. The van der Waals surface area contributed by atoms with Crippen molar-refractivity contribution in [3.8, 4) is 0 Å². The van der Waals surface area contributed by atoms with Gasteiger partial charge in [-0.15, -0.1) is 0 Å². The first-order valence-electron chi connectivity index (χ1n) is 8.93. The minimum atomic E-state index is -4.70. The molecule has 2 amide bonds. The Labute approximate surface area is 181 Å². The number of benzene rings is 2. The van der Waals surface area contributed by atoms with Crippen LogP contribution in [0.4, 0.5) is 24.5 Å². The van der Waals surface area contributed by atoms with E-state index in [9.17, 15) is 31.2 Å². The van der Waals surface area contributed by atoms with Crippen LogP contribution in [0.5, 0.6) is 0 Å². The molecule has 1 aliphatic heterocycles. The van der Waals surface area contributed by atoms with E-state index in [0.29, 0.717) is 23.7 Å². The zero-order chi connectivity index (χ0) is 23.0. The van der Waals surface area contributed by atoms with Gasteiger partial charge in [-0.3, -0.25) is 9.59 Å². The Morgan fingerprint density at radius 2 is 1.90 bits per heavy atom. The van der Waals surface area contributed by atoms with Gasteiger partial charge in [0.1, 0.15) is 0 Å². The van der Waals surface area contributed by atoms with E-state index in [1.54, 1.807) is 0 Å². The standard InChI is InChI=1S/C19H17ClF3N3O4S/c1-26(10-18(28)24-12-3-5-15(20)14(9-12)19(21,22)23)31(29,30)13-4-6-16-11(8-13)2-7-17(27)25-16/h3-6,8-9H,2,7,10H2,1H3,(H,24,28)(H,25,27). The number of carbonyl (C=O) groups excluding carboxylic acids is 2. The molecule has 7 nitrogen and oxygen atoms in total. The number of hydrogen-bond donors (Lipinski definition) is 2. The van der Waals surface area contributed by atoms with E-state index >= 15 is 0 Å². The second kappa shape index (κ2) is 8.48. The average Bonchev–Trinajstić information content (AvgIpc) is 2.68. The topological polar surface area (TPSA) is 95.6 Å². The predicted octanol–water partition coefficient (Wildman–Crippen LogP) is 3.50. The molecule has 2 aromatic rings. The van der Waals surface area contributed by atoms with Crippen molar-refractivity contribution in [2.45, 2.75) is 23.9 Å². The molecule has 12 heteroatoms. The zero-order valence-electron chi connectivity index (χ0n) is 16.1. The summed E-state index contributed by atoms with van der Waals surface area (Å²) in [5, 5.41) is 4.37. The second-order valence-electron chi connectivity index (χ2n) is 6.87. The first-order valence-corrected chi connectivity index (χ1v) is 10.8. The summed E-state index contributed by atoms with van der Waals surface area (Å²) in [5.41, 5.74) is -0.107. The minimum Gasteiger partial charge on any atom is -0.326 e. The number of halogens is 4. The Morgan fingerprint density at radius 1 is 1.19 bits per heavy atom. The molecule has 0 aromatic heterocycles. The summed E-state index contributed by atoms with van der Waals surface area (Å²) in [7, 11) is -2.87. The molecule has 166 valence electrons. The third-order valence-corrected chi connectivity index (χ3v) is 6.73. The average molecular weight is 476 g/mol. The van der Waals surface area contributed by atoms with Crippen molar-refractivity contribution in [2.75, 3.05) is 24.2 Å². The fourth-order valence-electron chi connectivity index (χ4n) is 3.01. The number of nitrogens with one attached hydrogen (secondary N) is 2. The molecular weight excluding hydrogens is 459 g/mol. The van der Waals surface area contributed by atoms with Crippen LogP contribution in [0.25, 0.3) is 0 Å². The third-order valence-electron chi connectivity index (χ3n) is 4.60. The molecule has 0 saturated carbocycles. The van der Waals surface area contributed by atoms with Crippen LogP contribution in [-0.2, 0) is 32.2 Å². The number of aryl methyl sites for hydroxylation is 1. The number of sulfonamides is 1. The molecular formula is C19H17ClF3N3O4S. The monoisotopic (exact) mass is 475 g/mol. The molecule has 0 radical (unpaired) electrons. The third kappa shape index (κ3) is 5.17. The Bertz CT molecular complexity index is 1150. The van der Waals surface area contributed by atoms with Crippen molar-refractivity contribution >= 4 is 44.8 Å². The van der Waals surface area contributed by atoms with Gasteiger partial charge in [0.05, 0.1) is 22.0 Å². The SMILES string of the molecule is CN(CC(=O)Nc1ccc(Cl)c(C(F)(F)F)c1)S(=O)(=O)c1ccc2c(c1)CCC(=O)N2. The van der Waals surface area contributed by atoms with E-state index in [2.05, 4.69) is 10.6 Å². The van der Waals surface area contributed by atoms with E-state index in [4.69, 9.17) is 11.6 Å². The van der Waals surface area contributed by atoms with Crippen molar-refractivity contribution in [1.82, 2.24) is 4.31 Å². The quantitative estimate of drug-likeness (QED) is 0.692. The summed E-state index contributed by atoms with van der Waals surface area (Å²) in [6.07, 6.45) is -4.09. The fraction of sp³-hybridized carbons (Fsp3) is 0.263. The number of anilines is 2. The minimum absolute atomic E-state index is 0.0662. The van der Waals surface area contributed by atoms with Crippen LogP contribution in [0.3, 0.4) is 0 Å². The highest BCUT2D eigenvalue weighted by Gasteiger charge is 2.33. The molecule has 1 aliphatic rings. The van der Waals surface area contributed by atoms with Gasteiger partial charge in [-0.05, 0) is 48.4 Å². The molecule has 1 heterocycles. The Morgan fingerprint density at radius 3 is 2.58 bits per heavy atom. The number of fused-ring (bicyclic) bond motifs is 1. The van der Waals surface area contributed by atoms with Crippen molar-refractivity contribution in [1.29, 1.82) is 0 Å². The number of alkyl halides is 3. The number of nitrogens with zero attached hydrogens (tertiary/aromatic N) is 1. The Kier molecular flexibility index (Phi) is 6.30. The fourth-order valence-corrected chi connectivity index (χ4v) is 4.41. The molecule has 0 bridgehead atoms. The van der Waals surface area contributed by atoms with E-state index in [1.807, 2.05) is 0 Å². The van der Waals surface area contributed by atoms with Gasteiger partial charge in [0.2, 0.25) is 21.8 Å². The summed E-state index contributed by atoms with van der Waals surface area (Å²) in [6, 6.07) is 7.05. The molecule has 2 N–H and O–H groups in total. The zero-order valence-corrected chi connectivity index (χ0v) is 17.7. The van der Waals surface area contributed by atoms with Crippen LogP contribution in [0.2, 0.25) is 5.02 Å². The van der Waals surface area contributed by atoms with Gasteiger partial charge >= 0.3 is 6.18 Å². The largest absolute Gasteiger partial charge is 0.417 e. The Hall–Kier alpha value is -2.63. The molecule has 0 saturated heterocycles. The van der Waals surface area contributed by atoms with Crippen LogP contribution < -0.4 is 10.6 Å². The molecule has 0 unspecified atom stereocenters. The molecule has 31 heavy (non-hydrogen) atoms. The van der Waals surface area contributed by atoms with Crippen LogP contribution in [-0.4, -0.2) is 38.1 Å². The van der Waals surface area contributed by atoms with Gasteiger partial charge in [0, 0.05) is 24.8 Å². The van der Waals surface area contributed by atoms with Crippen LogP contribution in [0.1, 0.15) is 17.5 Å². The highest BCUT2D eigenvalue weighted by molar-refractivity contribution is 7.89. The molecule has 3 rings (SSSR count). The number of carbonyl (C=O) groups is 2. The maximum Gasteiger partial charge on any atom is 0.417 e. The normalized spacial score (nSPS) is 14.2. The molecule has 0 atom stereocenters. The smallest absolute Gasteiger partial charge is 0.326 e. The first-order chi connectivity index (χ1) is 14.4. The lowest BCUT2D eigenvalue weighted by Gasteiger charge is -2.20.